The van der Waals surface area contributed by atoms with E-state index < -0.39 is 0 Å². The van der Waals surface area contributed by atoms with Crippen LogP contribution in [0.3, 0.4) is 0 Å². The van der Waals surface area contributed by atoms with Gasteiger partial charge in [0.05, 0.1) is 16.9 Å². The van der Waals surface area contributed by atoms with Crippen molar-refractivity contribution in [2.24, 2.45) is 10.2 Å². The van der Waals surface area contributed by atoms with Crippen molar-refractivity contribution in [1.29, 1.82) is 0 Å². The molecule has 1 aromatic heterocycles. The zero-order chi connectivity index (χ0) is 18.2. The van der Waals surface area contributed by atoms with Gasteiger partial charge in [-0.1, -0.05) is 18.2 Å². The lowest BCUT2D eigenvalue weighted by Crippen LogP contribution is -2.30. The second-order valence-corrected chi connectivity index (χ2v) is 5.86. The van der Waals surface area contributed by atoms with Crippen molar-refractivity contribution >= 4 is 62.8 Å². The van der Waals surface area contributed by atoms with Crippen LogP contribution in [-0.4, -0.2) is 33.7 Å². The molecule has 0 atom stereocenters. The number of rotatable bonds is 4. The van der Waals surface area contributed by atoms with Gasteiger partial charge in [-0.05, 0) is 56.5 Å². The van der Waals surface area contributed by atoms with Crippen LogP contribution in [-0.2, 0) is 0 Å². The second-order valence-electron chi connectivity index (χ2n) is 5.04. The molecule has 0 amide bonds. The molecule has 4 N–H and O–H groups in total. The third kappa shape index (κ3) is 5.73. The van der Waals surface area contributed by atoms with Gasteiger partial charge in [-0.2, -0.15) is 10.2 Å². The van der Waals surface area contributed by atoms with Gasteiger partial charge in [0, 0.05) is 12.4 Å². The first-order valence-corrected chi connectivity index (χ1v) is 8.30. The fourth-order valence-electron chi connectivity index (χ4n) is 1.77. The van der Waals surface area contributed by atoms with E-state index in [0.717, 1.165) is 10.9 Å². The highest BCUT2D eigenvalue weighted by Gasteiger charge is 2.02. The number of benzene rings is 1. The predicted molar refractivity (Wildman–Crippen MR) is 112 cm³/mol. The first kappa shape index (κ1) is 18.7. The SMILES string of the molecule is CNC(=S)N/N=C(C)/C(C)=N\NC(=S)Nc1ccc2ccccc2n1. The van der Waals surface area contributed by atoms with Gasteiger partial charge >= 0.3 is 0 Å². The Morgan fingerprint density at radius 2 is 1.56 bits per heavy atom. The third-order valence-electron chi connectivity index (χ3n) is 3.24. The molecule has 0 saturated carbocycles. The van der Waals surface area contributed by atoms with Crippen molar-refractivity contribution in [2.75, 3.05) is 12.4 Å². The fraction of sp³-hybridized carbons (Fsp3) is 0.188. The van der Waals surface area contributed by atoms with E-state index in [4.69, 9.17) is 24.4 Å². The van der Waals surface area contributed by atoms with Gasteiger partial charge in [0.25, 0.3) is 0 Å². The number of nitrogens with zero attached hydrogens (tertiary/aromatic N) is 3. The molecular formula is C16H19N7S2. The van der Waals surface area contributed by atoms with Crippen molar-refractivity contribution in [3.63, 3.8) is 0 Å². The lowest BCUT2D eigenvalue weighted by Gasteiger charge is -2.08. The standard InChI is InChI=1S/C16H19N7S2/c1-10(20-22-15(24)17-3)11(2)21-23-16(25)19-14-9-8-12-6-4-5-7-13(12)18-14/h4-9H,1-3H3,(H2,17,22,24)(H2,18,19,23,25)/b20-10+,21-11-. The molecule has 2 aromatic rings. The molecule has 0 spiro atoms. The molecule has 130 valence electrons. The number of anilines is 1. The number of pyridine rings is 1. The highest BCUT2D eigenvalue weighted by atomic mass is 32.1. The summed E-state index contributed by atoms with van der Waals surface area (Å²) < 4.78 is 0. The lowest BCUT2D eigenvalue weighted by atomic mass is 10.2. The van der Waals surface area contributed by atoms with E-state index >= 15 is 0 Å². The van der Waals surface area contributed by atoms with Gasteiger partial charge in [-0.25, -0.2) is 4.98 Å². The van der Waals surface area contributed by atoms with Crippen LogP contribution in [0.1, 0.15) is 13.8 Å². The predicted octanol–water partition coefficient (Wildman–Crippen LogP) is 2.37. The van der Waals surface area contributed by atoms with Crippen molar-refractivity contribution in [2.45, 2.75) is 13.8 Å². The minimum atomic E-state index is 0.341. The number of hydrogen-bond acceptors (Lipinski definition) is 5. The van der Waals surface area contributed by atoms with Crippen molar-refractivity contribution in [1.82, 2.24) is 21.2 Å². The van der Waals surface area contributed by atoms with Gasteiger partial charge in [0.1, 0.15) is 5.82 Å². The number of para-hydroxylation sites is 1. The van der Waals surface area contributed by atoms with Gasteiger partial charge in [-0.15, -0.1) is 0 Å². The van der Waals surface area contributed by atoms with E-state index in [-0.39, 0.29) is 0 Å². The summed E-state index contributed by atoms with van der Waals surface area (Å²) in [7, 11) is 1.72. The van der Waals surface area contributed by atoms with Crippen LogP contribution in [0.2, 0.25) is 0 Å². The molecule has 2 rings (SSSR count). The lowest BCUT2D eigenvalue weighted by molar-refractivity contribution is 0.974. The molecule has 0 fully saturated rings. The second kappa shape index (κ2) is 9.00. The van der Waals surface area contributed by atoms with E-state index in [0.29, 0.717) is 27.5 Å². The number of aromatic nitrogens is 1. The van der Waals surface area contributed by atoms with Crippen LogP contribution < -0.4 is 21.5 Å². The van der Waals surface area contributed by atoms with Crippen molar-refractivity contribution < 1.29 is 0 Å². The molecule has 1 heterocycles. The number of thiocarbonyl (C=S) groups is 2. The molecule has 9 heteroatoms. The summed E-state index contributed by atoms with van der Waals surface area (Å²) in [6.45, 7) is 3.62. The highest BCUT2D eigenvalue weighted by molar-refractivity contribution is 7.80. The molecule has 0 aliphatic carbocycles. The molecular weight excluding hydrogens is 354 g/mol. The maximum Gasteiger partial charge on any atom is 0.192 e. The van der Waals surface area contributed by atoms with Crippen LogP contribution >= 0.6 is 24.4 Å². The topological polar surface area (TPSA) is 85.7 Å². The minimum Gasteiger partial charge on any atom is -0.364 e. The number of fused-ring (bicyclic) bond motifs is 1. The first-order chi connectivity index (χ1) is 12.0. The summed E-state index contributed by atoms with van der Waals surface area (Å²) >= 11 is 10.2. The Hall–Kier alpha value is -2.65. The van der Waals surface area contributed by atoms with E-state index in [1.165, 1.54) is 0 Å². The Kier molecular flexibility index (Phi) is 6.72. The summed E-state index contributed by atoms with van der Waals surface area (Å²) in [5.74, 6) is 0.649. The summed E-state index contributed by atoms with van der Waals surface area (Å²) in [5.41, 5.74) is 7.71. The molecule has 25 heavy (non-hydrogen) atoms. The number of hydrogen-bond donors (Lipinski definition) is 4. The summed E-state index contributed by atoms with van der Waals surface area (Å²) in [4.78, 5) is 4.49. The normalized spacial score (nSPS) is 11.8. The third-order valence-corrected chi connectivity index (χ3v) is 3.73. The molecule has 0 radical (unpaired) electrons. The minimum absolute atomic E-state index is 0.341. The van der Waals surface area contributed by atoms with Gasteiger partial charge in [0.15, 0.2) is 10.2 Å². The van der Waals surface area contributed by atoms with Gasteiger partial charge in [0.2, 0.25) is 0 Å². The molecule has 1 aromatic carbocycles. The average molecular weight is 374 g/mol. The maximum atomic E-state index is 5.23. The van der Waals surface area contributed by atoms with Gasteiger partial charge in [-0.3, -0.25) is 10.9 Å². The summed E-state index contributed by atoms with van der Waals surface area (Å²) in [5, 5.41) is 15.9. The van der Waals surface area contributed by atoms with Gasteiger partial charge < -0.3 is 10.6 Å². The summed E-state index contributed by atoms with van der Waals surface area (Å²) in [6, 6.07) is 11.7. The van der Waals surface area contributed by atoms with E-state index in [1.54, 1.807) is 7.05 Å². The Morgan fingerprint density at radius 1 is 0.920 bits per heavy atom. The quantitative estimate of drug-likeness (QED) is 0.372. The number of hydrazone groups is 2. The zero-order valence-corrected chi connectivity index (χ0v) is 15.8. The zero-order valence-electron chi connectivity index (χ0n) is 14.1. The summed E-state index contributed by atoms with van der Waals surface area (Å²) in [6.07, 6.45) is 0. The molecule has 0 bridgehead atoms. The molecule has 0 unspecified atom stereocenters. The highest BCUT2D eigenvalue weighted by Crippen LogP contribution is 2.14. The fourth-order valence-corrected chi connectivity index (χ4v) is 1.96. The Bertz CT molecular complexity index is 845. The van der Waals surface area contributed by atoms with Crippen LogP contribution in [0.25, 0.3) is 10.9 Å². The van der Waals surface area contributed by atoms with Crippen LogP contribution in [0.5, 0.6) is 0 Å². The molecule has 0 aliphatic rings. The number of nitrogens with one attached hydrogen (secondary N) is 4. The van der Waals surface area contributed by atoms with Crippen molar-refractivity contribution in [3.8, 4) is 0 Å². The van der Waals surface area contributed by atoms with Crippen LogP contribution in [0, 0.1) is 0 Å². The molecule has 0 aliphatic heterocycles. The Balaban J connectivity index is 1.95. The van der Waals surface area contributed by atoms with E-state index in [2.05, 4.69) is 36.7 Å². The molecule has 7 nitrogen and oxygen atoms in total. The maximum absolute atomic E-state index is 5.23. The van der Waals surface area contributed by atoms with E-state index in [1.807, 2.05) is 50.2 Å². The monoisotopic (exact) mass is 373 g/mol. The first-order valence-electron chi connectivity index (χ1n) is 7.49. The Morgan fingerprint density at radius 3 is 2.24 bits per heavy atom. The van der Waals surface area contributed by atoms with Crippen LogP contribution in [0.4, 0.5) is 5.82 Å². The Labute approximate surface area is 157 Å². The molecule has 0 saturated heterocycles. The van der Waals surface area contributed by atoms with Crippen molar-refractivity contribution in [3.05, 3.63) is 36.4 Å². The van der Waals surface area contributed by atoms with Crippen LogP contribution in [0.15, 0.2) is 46.6 Å². The smallest absolute Gasteiger partial charge is 0.192 e. The van der Waals surface area contributed by atoms with E-state index in [9.17, 15) is 0 Å². The largest absolute Gasteiger partial charge is 0.364 e. The average Bonchev–Trinajstić information content (AvgIpc) is 2.63.